The monoisotopic (exact) mass is 392 g/mol. The number of carbonyl (C=O) groups excluding carboxylic acids is 1. The van der Waals surface area contributed by atoms with Crippen LogP contribution in [0.15, 0.2) is 40.9 Å². The van der Waals surface area contributed by atoms with E-state index in [1.54, 1.807) is 32.9 Å². The minimum absolute atomic E-state index is 0.0945. The van der Waals surface area contributed by atoms with Crippen LogP contribution in [0.4, 0.5) is 8.78 Å². The number of halogens is 2. The molecule has 28 heavy (non-hydrogen) atoms. The van der Waals surface area contributed by atoms with Gasteiger partial charge in [-0.2, -0.15) is 13.8 Å². The second-order valence-corrected chi connectivity index (χ2v) is 7.78. The van der Waals surface area contributed by atoms with Gasteiger partial charge < -0.3 is 14.0 Å². The van der Waals surface area contributed by atoms with E-state index in [9.17, 15) is 13.6 Å². The predicted octanol–water partition coefficient (Wildman–Crippen LogP) is 4.19. The van der Waals surface area contributed by atoms with Gasteiger partial charge in [0.05, 0.1) is 11.8 Å². The number of carbonyl (C=O) groups is 1. The molecule has 3 rings (SSSR count). The Bertz CT molecular complexity index is 865. The van der Waals surface area contributed by atoms with Crippen molar-refractivity contribution in [3.8, 4) is 5.75 Å². The van der Waals surface area contributed by atoms with Crippen molar-refractivity contribution in [3.05, 3.63) is 53.7 Å². The van der Waals surface area contributed by atoms with Crippen LogP contribution >= 0.6 is 0 Å². The van der Waals surface area contributed by atoms with Crippen molar-refractivity contribution < 1.29 is 27.6 Å². The second-order valence-electron chi connectivity index (χ2n) is 7.78. The Hall–Kier alpha value is -2.77. The van der Waals surface area contributed by atoms with Crippen LogP contribution in [0.3, 0.4) is 0 Å². The highest BCUT2D eigenvalue weighted by atomic mass is 19.3. The molecule has 0 aliphatic heterocycles. The number of aromatic nitrogens is 2. The minimum Gasteiger partial charge on any atom is -0.457 e. The van der Waals surface area contributed by atoms with Gasteiger partial charge >= 0.3 is 12.6 Å². The highest BCUT2D eigenvalue weighted by Crippen LogP contribution is 2.52. The molecule has 1 fully saturated rings. The largest absolute Gasteiger partial charge is 0.457 e. The molecular formula is C20H22F2N2O4. The predicted molar refractivity (Wildman–Crippen MR) is 96.1 cm³/mol. The summed E-state index contributed by atoms with van der Waals surface area (Å²) in [6.07, 6.45) is 1.72. The van der Waals surface area contributed by atoms with Crippen LogP contribution in [-0.4, -0.2) is 28.3 Å². The zero-order chi connectivity index (χ0) is 20.5. The van der Waals surface area contributed by atoms with Gasteiger partial charge in [-0.3, -0.25) is 0 Å². The van der Waals surface area contributed by atoms with Crippen molar-refractivity contribution in [3.63, 3.8) is 0 Å². The van der Waals surface area contributed by atoms with Gasteiger partial charge in [0.25, 0.3) is 0 Å². The molecule has 1 heterocycles. The Balaban J connectivity index is 1.69. The first-order valence-electron chi connectivity index (χ1n) is 8.89. The fourth-order valence-electron chi connectivity index (χ4n) is 2.85. The molecule has 2 aromatic rings. The lowest BCUT2D eigenvalue weighted by molar-refractivity contribution is -0.150. The van der Waals surface area contributed by atoms with E-state index in [-0.39, 0.29) is 23.6 Å². The second kappa shape index (κ2) is 7.33. The van der Waals surface area contributed by atoms with Crippen LogP contribution in [0, 0.1) is 0 Å². The quantitative estimate of drug-likeness (QED) is 0.520. The lowest BCUT2D eigenvalue weighted by Gasteiger charge is -2.19. The van der Waals surface area contributed by atoms with Crippen molar-refractivity contribution in [1.82, 2.24) is 10.1 Å². The number of esters is 1. The number of benzene rings is 1. The smallest absolute Gasteiger partial charge is 0.387 e. The zero-order valence-electron chi connectivity index (χ0n) is 16.0. The summed E-state index contributed by atoms with van der Waals surface area (Å²) in [5.74, 6) is 0.358. The van der Waals surface area contributed by atoms with Gasteiger partial charge in [-0.1, -0.05) is 23.9 Å². The van der Waals surface area contributed by atoms with Crippen LogP contribution in [0.1, 0.15) is 50.9 Å². The molecule has 1 aliphatic rings. The normalized spacial score (nSPS) is 15.4. The molecule has 1 aromatic heterocycles. The summed E-state index contributed by atoms with van der Waals surface area (Å²) >= 11 is 0. The summed E-state index contributed by atoms with van der Waals surface area (Å²) in [6, 6.07) is 6.43. The SMILES string of the molecule is C=C(Cc1nc(C2(c3ccc(OC(F)F)cc3)CC2)no1)C(=O)OC(C)(C)C. The van der Waals surface area contributed by atoms with E-state index < -0.39 is 23.6 Å². The van der Waals surface area contributed by atoms with Gasteiger partial charge in [-0.05, 0) is 51.3 Å². The number of hydrogen-bond acceptors (Lipinski definition) is 6. The van der Waals surface area contributed by atoms with Crippen molar-refractivity contribution in [2.45, 2.75) is 57.7 Å². The van der Waals surface area contributed by atoms with E-state index in [4.69, 9.17) is 9.26 Å². The fraction of sp³-hybridized carbons (Fsp3) is 0.450. The summed E-state index contributed by atoms with van der Waals surface area (Å²) in [7, 11) is 0. The van der Waals surface area contributed by atoms with Crippen LogP contribution in [0.25, 0.3) is 0 Å². The molecule has 0 saturated heterocycles. The first kappa shape index (κ1) is 20.0. The Labute approximate surface area is 161 Å². The molecule has 0 N–H and O–H groups in total. The van der Waals surface area contributed by atoms with Crippen LogP contribution in [-0.2, 0) is 21.4 Å². The summed E-state index contributed by atoms with van der Waals surface area (Å²) < 4.78 is 39.5. The average Bonchev–Trinajstić information content (AvgIpc) is 3.26. The zero-order valence-corrected chi connectivity index (χ0v) is 16.0. The van der Waals surface area contributed by atoms with Crippen molar-refractivity contribution in [2.24, 2.45) is 0 Å². The van der Waals surface area contributed by atoms with E-state index in [0.717, 1.165) is 18.4 Å². The van der Waals surface area contributed by atoms with Crippen LogP contribution in [0.5, 0.6) is 5.75 Å². The Morgan fingerprint density at radius 3 is 2.46 bits per heavy atom. The first-order valence-corrected chi connectivity index (χ1v) is 8.89. The Morgan fingerprint density at radius 2 is 1.93 bits per heavy atom. The number of rotatable bonds is 7. The highest BCUT2D eigenvalue weighted by molar-refractivity contribution is 5.88. The summed E-state index contributed by atoms with van der Waals surface area (Å²) in [5.41, 5.74) is 0.104. The summed E-state index contributed by atoms with van der Waals surface area (Å²) in [5, 5.41) is 4.05. The van der Waals surface area contributed by atoms with Crippen molar-refractivity contribution >= 4 is 5.97 Å². The Morgan fingerprint density at radius 1 is 1.29 bits per heavy atom. The molecule has 0 unspecified atom stereocenters. The molecule has 150 valence electrons. The molecular weight excluding hydrogens is 370 g/mol. The maximum atomic E-state index is 12.3. The maximum absolute atomic E-state index is 12.3. The number of ether oxygens (including phenoxy) is 2. The van der Waals surface area contributed by atoms with Crippen LogP contribution in [0.2, 0.25) is 0 Å². The van der Waals surface area contributed by atoms with E-state index in [1.165, 1.54) is 12.1 Å². The lowest BCUT2D eigenvalue weighted by atomic mass is 9.95. The first-order chi connectivity index (χ1) is 13.1. The molecule has 0 amide bonds. The number of alkyl halides is 2. The molecule has 0 spiro atoms. The van der Waals surface area contributed by atoms with E-state index in [2.05, 4.69) is 21.5 Å². The standard InChI is InChI=1S/C20H22F2N2O4/c1-12(16(25)27-19(2,3)4)11-15-23-17(24-28-15)20(9-10-20)13-5-7-14(8-6-13)26-18(21)22/h5-8,18H,1,9-11H2,2-4H3. The number of hydrogen-bond donors (Lipinski definition) is 0. The molecule has 1 aliphatic carbocycles. The van der Waals surface area contributed by atoms with Gasteiger partial charge in [-0.25, -0.2) is 4.79 Å². The topological polar surface area (TPSA) is 74.5 Å². The fourth-order valence-corrected chi connectivity index (χ4v) is 2.85. The molecule has 8 heteroatoms. The average molecular weight is 392 g/mol. The van der Waals surface area contributed by atoms with Gasteiger partial charge in [0.15, 0.2) is 5.82 Å². The minimum atomic E-state index is -2.86. The van der Waals surface area contributed by atoms with E-state index in [0.29, 0.717) is 5.82 Å². The summed E-state index contributed by atoms with van der Waals surface area (Å²) in [6.45, 7) is 6.20. The van der Waals surface area contributed by atoms with Gasteiger partial charge in [0, 0.05) is 5.57 Å². The molecule has 0 atom stereocenters. The molecule has 0 bridgehead atoms. The van der Waals surface area contributed by atoms with Gasteiger partial charge in [0.1, 0.15) is 11.4 Å². The third kappa shape index (κ3) is 4.55. The number of nitrogens with zero attached hydrogens (tertiary/aromatic N) is 2. The van der Waals surface area contributed by atoms with Gasteiger partial charge in [-0.15, -0.1) is 0 Å². The van der Waals surface area contributed by atoms with Crippen molar-refractivity contribution in [2.75, 3.05) is 0 Å². The Kier molecular flexibility index (Phi) is 5.23. The highest BCUT2D eigenvalue weighted by Gasteiger charge is 2.50. The third-order valence-electron chi connectivity index (χ3n) is 4.33. The lowest BCUT2D eigenvalue weighted by Crippen LogP contribution is -2.25. The third-order valence-corrected chi connectivity index (χ3v) is 4.33. The van der Waals surface area contributed by atoms with Crippen molar-refractivity contribution in [1.29, 1.82) is 0 Å². The molecule has 0 radical (unpaired) electrons. The molecule has 1 saturated carbocycles. The van der Waals surface area contributed by atoms with Crippen LogP contribution < -0.4 is 4.74 Å². The van der Waals surface area contributed by atoms with Gasteiger partial charge in [0.2, 0.25) is 5.89 Å². The van der Waals surface area contributed by atoms with E-state index in [1.807, 2.05) is 0 Å². The molecule has 6 nitrogen and oxygen atoms in total. The maximum Gasteiger partial charge on any atom is 0.387 e. The molecule has 1 aromatic carbocycles. The van der Waals surface area contributed by atoms with E-state index >= 15 is 0 Å². The summed E-state index contributed by atoms with van der Waals surface area (Å²) in [4.78, 5) is 16.4.